The number of sulfonamides is 1. The first-order valence-electron chi connectivity index (χ1n) is 13.4. The second-order valence-corrected chi connectivity index (χ2v) is 11.7. The van der Waals surface area contributed by atoms with Crippen molar-refractivity contribution in [1.29, 1.82) is 0 Å². The standard InChI is InChI=1S/C26H34N6O6S/c1-4-37-21-11-10-19(39(35,36)31-14-12-30(13-15-31)26(34)38-5-2)16-20(21)23-28-25(33)22-17(3)27-24(32(22)29-23)18-8-6-7-9-18/h10-11,16,18H,4-9,12-15H2,1-3H3,(H,28,29,33). The topological polar surface area (TPSA) is 139 Å². The number of benzene rings is 1. The molecule has 1 N–H and O–H groups in total. The largest absolute Gasteiger partial charge is 0.493 e. The number of rotatable bonds is 7. The number of amides is 1. The number of fused-ring (bicyclic) bond motifs is 1. The Labute approximate surface area is 227 Å². The maximum atomic E-state index is 13.6. The van der Waals surface area contributed by atoms with Gasteiger partial charge in [0.25, 0.3) is 5.56 Å². The number of nitrogens with one attached hydrogen (secondary N) is 1. The summed E-state index contributed by atoms with van der Waals surface area (Å²) in [6.07, 6.45) is 3.75. The van der Waals surface area contributed by atoms with Crippen LogP contribution in [0.1, 0.15) is 57.0 Å². The molecular formula is C26H34N6O6S. The van der Waals surface area contributed by atoms with Crippen LogP contribution in [0.15, 0.2) is 27.9 Å². The van der Waals surface area contributed by atoms with Gasteiger partial charge in [0.1, 0.15) is 11.6 Å². The van der Waals surface area contributed by atoms with Crippen molar-refractivity contribution in [3.8, 4) is 17.1 Å². The Morgan fingerprint density at radius 1 is 1.10 bits per heavy atom. The van der Waals surface area contributed by atoms with Crippen LogP contribution in [-0.2, 0) is 14.8 Å². The summed E-state index contributed by atoms with van der Waals surface area (Å²) in [5, 5.41) is 4.75. The van der Waals surface area contributed by atoms with Crippen LogP contribution < -0.4 is 10.3 Å². The van der Waals surface area contributed by atoms with E-state index in [4.69, 9.17) is 14.6 Å². The summed E-state index contributed by atoms with van der Waals surface area (Å²) in [5.41, 5.74) is 1.02. The molecule has 2 aliphatic rings. The minimum atomic E-state index is -3.90. The van der Waals surface area contributed by atoms with Gasteiger partial charge in [-0.3, -0.25) is 4.79 Å². The molecule has 210 valence electrons. The number of ether oxygens (including phenoxy) is 2. The van der Waals surface area contributed by atoms with Crippen molar-refractivity contribution in [3.05, 3.63) is 40.1 Å². The van der Waals surface area contributed by atoms with Crippen molar-refractivity contribution in [2.24, 2.45) is 0 Å². The fourth-order valence-corrected chi connectivity index (χ4v) is 6.82. The van der Waals surface area contributed by atoms with Gasteiger partial charge < -0.3 is 19.4 Å². The molecule has 1 aliphatic heterocycles. The highest BCUT2D eigenvalue weighted by Crippen LogP contribution is 2.35. The second kappa shape index (κ2) is 11.0. The highest BCUT2D eigenvalue weighted by molar-refractivity contribution is 7.89. The third-order valence-corrected chi connectivity index (χ3v) is 9.22. The Balaban J connectivity index is 1.53. The minimum Gasteiger partial charge on any atom is -0.493 e. The number of carbonyl (C=O) groups is 1. The lowest BCUT2D eigenvalue weighted by Gasteiger charge is -2.33. The van der Waals surface area contributed by atoms with Gasteiger partial charge in [0.05, 0.1) is 29.4 Å². The molecule has 1 saturated heterocycles. The third kappa shape index (κ3) is 5.12. The van der Waals surface area contributed by atoms with Crippen LogP contribution in [0, 0.1) is 6.92 Å². The maximum Gasteiger partial charge on any atom is 0.409 e. The molecule has 0 radical (unpaired) electrons. The van der Waals surface area contributed by atoms with Crippen molar-refractivity contribution < 1.29 is 22.7 Å². The number of piperazine rings is 1. The maximum absolute atomic E-state index is 13.6. The second-order valence-electron chi connectivity index (χ2n) is 9.78. The van der Waals surface area contributed by atoms with Crippen LogP contribution in [0.2, 0.25) is 0 Å². The first kappa shape index (κ1) is 27.1. The van der Waals surface area contributed by atoms with E-state index in [1.54, 1.807) is 24.4 Å². The van der Waals surface area contributed by atoms with E-state index in [2.05, 4.69) is 9.97 Å². The molecule has 12 nitrogen and oxygen atoms in total. The van der Waals surface area contributed by atoms with Gasteiger partial charge in [0, 0.05) is 32.1 Å². The quantitative estimate of drug-likeness (QED) is 0.467. The Hall–Kier alpha value is -3.45. The van der Waals surface area contributed by atoms with E-state index in [1.165, 1.54) is 21.3 Å². The van der Waals surface area contributed by atoms with E-state index in [0.717, 1.165) is 31.5 Å². The summed E-state index contributed by atoms with van der Waals surface area (Å²) in [7, 11) is -3.90. The summed E-state index contributed by atoms with van der Waals surface area (Å²) < 4.78 is 41.0. The Morgan fingerprint density at radius 3 is 2.49 bits per heavy atom. The van der Waals surface area contributed by atoms with Gasteiger partial charge in [-0.2, -0.15) is 4.31 Å². The fraction of sp³-hybridized carbons (Fsp3) is 0.538. The molecule has 2 aromatic heterocycles. The first-order chi connectivity index (χ1) is 18.7. The number of aromatic nitrogens is 4. The minimum absolute atomic E-state index is 0.0473. The van der Waals surface area contributed by atoms with E-state index in [0.29, 0.717) is 29.1 Å². The van der Waals surface area contributed by atoms with Gasteiger partial charge >= 0.3 is 6.09 Å². The molecule has 1 saturated carbocycles. The summed E-state index contributed by atoms with van der Waals surface area (Å²) in [4.78, 5) is 34.3. The third-order valence-electron chi connectivity index (χ3n) is 7.33. The molecule has 2 fully saturated rings. The number of imidazole rings is 1. The average molecular weight is 559 g/mol. The summed E-state index contributed by atoms with van der Waals surface area (Å²) in [6, 6.07) is 4.56. The lowest BCUT2D eigenvalue weighted by Crippen LogP contribution is -2.50. The molecule has 1 aromatic carbocycles. The van der Waals surface area contributed by atoms with Gasteiger partial charge in [0.2, 0.25) is 10.0 Å². The molecule has 3 aromatic rings. The Bertz CT molecular complexity index is 1530. The van der Waals surface area contributed by atoms with E-state index < -0.39 is 16.1 Å². The molecule has 0 atom stereocenters. The monoisotopic (exact) mass is 558 g/mol. The number of aryl methyl sites for hydroxylation is 1. The van der Waals surface area contributed by atoms with Crippen LogP contribution in [0.5, 0.6) is 5.75 Å². The van der Waals surface area contributed by atoms with Gasteiger partial charge in [-0.25, -0.2) is 22.7 Å². The smallest absolute Gasteiger partial charge is 0.409 e. The molecule has 1 aliphatic carbocycles. The molecule has 5 rings (SSSR count). The van der Waals surface area contributed by atoms with Crippen molar-refractivity contribution in [2.45, 2.75) is 57.3 Å². The van der Waals surface area contributed by atoms with Crippen LogP contribution in [-0.4, -0.2) is 82.7 Å². The number of hydrogen-bond acceptors (Lipinski definition) is 8. The number of hydrogen-bond donors (Lipinski definition) is 1. The van der Waals surface area contributed by atoms with Gasteiger partial charge in [-0.05, 0) is 51.8 Å². The number of aromatic amines is 1. The predicted molar refractivity (Wildman–Crippen MR) is 144 cm³/mol. The highest BCUT2D eigenvalue weighted by atomic mass is 32.2. The van der Waals surface area contributed by atoms with Gasteiger partial charge in [-0.15, -0.1) is 5.10 Å². The highest BCUT2D eigenvalue weighted by Gasteiger charge is 2.32. The molecule has 0 unspecified atom stereocenters. The first-order valence-corrected chi connectivity index (χ1v) is 14.9. The van der Waals surface area contributed by atoms with Crippen LogP contribution in [0.4, 0.5) is 4.79 Å². The number of carbonyl (C=O) groups excluding carboxylic acids is 1. The molecular weight excluding hydrogens is 524 g/mol. The molecule has 3 heterocycles. The normalized spacial score (nSPS) is 17.2. The van der Waals surface area contributed by atoms with Crippen LogP contribution in [0.25, 0.3) is 16.9 Å². The summed E-state index contributed by atoms with van der Waals surface area (Å²) >= 11 is 0. The number of H-pyrrole nitrogens is 1. The summed E-state index contributed by atoms with van der Waals surface area (Å²) in [6.45, 7) is 6.71. The molecule has 13 heteroatoms. The predicted octanol–water partition coefficient (Wildman–Crippen LogP) is 2.91. The molecule has 0 bridgehead atoms. The van der Waals surface area contributed by atoms with Gasteiger partial charge in [-0.1, -0.05) is 12.8 Å². The van der Waals surface area contributed by atoms with E-state index in [1.807, 2.05) is 6.92 Å². The lowest BCUT2D eigenvalue weighted by molar-refractivity contribution is 0.0934. The zero-order valence-electron chi connectivity index (χ0n) is 22.5. The van der Waals surface area contributed by atoms with Crippen LogP contribution in [0.3, 0.4) is 0 Å². The fourth-order valence-electron chi connectivity index (χ4n) is 5.37. The molecule has 0 spiro atoms. The molecule has 1 amide bonds. The van der Waals surface area contributed by atoms with Crippen LogP contribution >= 0.6 is 0 Å². The Kier molecular flexibility index (Phi) is 7.63. The van der Waals surface area contributed by atoms with Gasteiger partial charge in [0.15, 0.2) is 11.3 Å². The zero-order valence-corrected chi connectivity index (χ0v) is 23.3. The van der Waals surface area contributed by atoms with E-state index in [9.17, 15) is 18.0 Å². The van der Waals surface area contributed by atoms with Crippen molar-refractivity contribution in [3.63, 3.8) is 0 Å². The molecule has 39 heavy (non-hydrogen) atoms. The lowest BCUT2D eigenvalue weighted by atomic mass is 10.1. The average Bonchev–Trinajstić information content (AvgIpc) is 3.57. The Morgan fingerprint density at radius 2 is 1.82 bits per heavy atom. The van der Waals surface area contributed by atoms with E-state index >= 15 is 0 Å². The SMILES string of the molecule is CCOC(=O)N1CCN(S(=O)(=O)c2ccc(OCC)c(-c3nn4c(C5CCCC5)nc(C)c4c(=O)[nH]3)c2)CC1. The van der Waals surface area contributed by atoms with Crippen molar-refractivity contribution in [1.82, 2.24) is 28.8 Å². The van der Waals surface area contributed by atoms with Crippen molar-refractivity contribution >= 4 is 21.6 Å². The van der Waals surface area contributed by atoms with E-state index in [-0.39, 0.29) is 55.0 Å². The van der Waals surface area contributed by atoms with Crippen molar-refractivity contribution in [2.75, 3.05) is 39.4 Å². The number of nitrogens with zero attached hydrogens (tertiary/aromatic N) is 5. The summed E-state index contributed by atoms with van der Waals surface area (Å²) in [5.74, 6) is 1.59. The zero-order chi connectivity index (χ0) is 27.7.